The Hall–Kier alpha value is -0.505. The fraction of sp³-hybridized carbons (Fsp3) is 0.857. The summed E-state index contributed by atoms with van der Waals surface area (Å²) in [6.07, 6.45) is 1.63. The third-order valence-corrected chi connectivity index (χ3v) is 1.58. The molecule has 0 rings (SSSR count). The van der Waals surface area contributed by atoms with Crippen LogP contribution in [-0.2, 0) is 0 Å². The van der Waals surface area contributed by atoms with E-state index in [1.165, 1.54) is 0 Å². The second-order valence-electron chi connectivity index (χ2n) is 2.96. The van der Waals surface area contributed by atoms with Gasteiger partial charge in [0.1, 0.15) is 0 Å². The molecular formula is C7H14BNO2. The van der Waals surface area contributed by atoms with Gasteiger partial charge in [0.15, 0.2) is 5.81 Å². The van der Waals surface area contributed by atoms with E-state index >= 15 is 0 Å². The summed E-state index contributed by atoms with van der Waals surface area (Å²) in [4.78, 5) is 10.4. The molecule has 0 aromatic rings. The average Bonchev–Trinajstić information content (AvgIpc) is 1.87. The first kappa shape index (κ1) is 10.5. The summed E-state index contributed by atoms with van der Waals surface area (Å²) in [5.41, 5.74) is -0.555. The number of hydrogen-bond acceptors (Lipinski definition) is 2. The minimum Gasteiger partial charge on any atom is -0.394 e. The Balaban J connectivity index is 3.98. The first-order valence-electron chi connectivity index (χ1n) is 3.72. The highest BCUT2D eigenvalue weighted by Crippen LogP contribution is 2.10. The van der Waals surface area contributed by atoms with Crippen LogP contribution in [0.4, 0.5) is 4.79 Å². The van der Waals surface area contributed by atoms with Gasteiger partial charge in [0.2, 0.25) is 7.85 Å². The minimum atomic E-state index is -0.588. The van der Waals surface area contributed by atoms with Crippen molar-refractivity contribution in [2.45, 2.75) is 32.2 Å². The molecule has 4 heteroatoms. The second kappa shape index (κ2) is 4.39. The van der Waals surface area contributed by atoms with Crippen molar-refractivity contribution in [3.05, 3.63) is 0 Å². The maximum atomic E-state index is 10.4. The van der Waals surface area contributed by atoms with Crippen LogP contribution in [0, 0.1) is 0 Å². The van der Waals surface area contributed by atoms with Crippen LogP contribution < -0.4 is 5.32 Å². The molecule has 0 aliphatic rings. The van der Waals surface area contributed by atoms with Gasteiger partial charge in [0, 0.05) is 0 Å². The van der Waals surface area contributed by atoms with Crippen LogP contribution in [0.2, 0.25) is 0 Å². The fourth-order valence-electron chi connectivity index (χ4n) is 1.03. The second-order valence-corrected chi connectivity index (χ2v) is 2.96. The molecule has 2 radical (unpaired) electrons. The molecule has 0 unspecified atom stereocenters. The van der Waals surface area contributed by atoms with E-state index in [4.69, 9.17) is 13.0 Å². The molecule has 0 fully saturated rings. The summed E-state index contributed by atoms with van der Waals surface area (Å²) in [6, 6.07) is 0. The van der Waals surface area contributed by atoms with Crippen LogP contribution >= 0.6 is 0 Å². The third-order valence-electron chi connectivity index (χ3n) is 1.58. The van der Waals surface area contributed by atoms with Crippen molar-refractivity contribution in [1.82, 2.24) is 5.32 Å². The fourth-order valence-corrected chi connectivity index (χ4v) is 1.03. The summed E-state index contributed by atoms with van der Waals surface area (Å²) in [5, 5.41) is 11.4. The first-order chi connectivity index (χ1) is 5.04. The van der Waals surface area contributed by atoms with E-state index < -0.39 is 11.3 Å². The lowest BCUT2D eigenvalue weighted by Gasteiger charge is -2.27. The number of rotatable bonds is 4. The summed E-state index contributed by atoms with van der Waals surface area (Å²) >= 11 is 0. The van der Waals surface area contributed by atoms with Crippen LogP contribution in [0.3, 0.4) is 0 Å². The molecule has 0 saturated carbocycles. The van der Waals surface area contributed by atoms with E-state index in [1.807, 2.05) is 6.92 Å². The number of carbonyl (C=O) groups is 1. The van der Waals surface area contributed by atoms with Crippen molar-refractivity contribution >= 4 is 13.7 Å². The van der Waals surface area contributed by atoms with Gasteiger partial charge in [-0.15, -0.1) is 0 Å². The first-order valence-corrected chi connectivity index (χ1v) is 3.72. The quantitative estimate of drug-likeness (QED) is 0.577. The van der Waals surface area contributed by atoms with Gasteiger partial charge in [-0.1, -0.05) is 13.3 Å². The average molecular weight is 155 g/mol. The predicted octanol–water partition coefficient (Wildman–Crippen LogP) is 0.416. The highest BCUT2D eigenvalue weighted by molar-refractivity contribution is 6.57. The Morgan fingerprint density at radius 2 is 2.27 bits per heavy atom. The van der Waals surface area contributed by atoms with Gasteiger partial charge in [-0.25, -0.2) is 0 Å². The molecule has 2 N–H and O–H groups in total. The maximum Gasteiger partial charge on any atom is 0.200 e. The van der Waals surface area contributed by atoms with Crippen molar-refractivity contribution in [1.29, 1.82) is 0 Å². The standard InChI is InChI=1S/C7H14BNO2/c1-3-4-7(2,5-10)9-6(8)11/h10H,3-5H2,1-2H3,(H,9,11)/t7-/m0/s1. The van der Waals surface area contributed by atoms with Crippen molar-refractivity contribution in [3.8, 4) is 0 Å². The molecule has 0 aliphatic heterocycles. The van der Waals surface area contributed by atoms with E-state index in [0.717, 1.165) is 12.8 Å². The smallest absolute Gasteiger partial charge is 0.200 e. The molecule has 3 nitrogen and oxygen atoms in total. The van der Waals surface area contributed by atoms with Gasteiger partial charge in [0.25, 0.3) is 0 Å². The Morgan fingerprint density at radius 3 is 2.55 bits per heavy atom. The van der Waals surface area contributed by atoms with Crippen molar-refractivity contribution in [2.24, 2.45) is 0 Å². The minimum absolute atomic E-state index is 0.0796. The molecule has 0 bridgehead atoms. The van der Waals surface area contributed by atoms with Crippen LogP contribution in [-0.4, -0.2) is 30.9 Å². The van der Waals surface area contributed by atoms with Crippen LogP contribution in [0.5, 0.6) is 0 Å². The molecule has 0 heterocycles. The zero-order valence-electron chi connectivity index (χ0n) is 7.05. The van der Waals surface area contributed by atoms with E-state index in [0.29, 0.717) is 0 Å². The summed E-state index contributed by atoms with van der Waals surface area (Å²) in [7, 11) is 4.92. The maximum absolute atomic E-state index is 10.4. The number of aliphatic hydroxyl groups is 1. The van der Waals surface area contributed by atoms with Crippen LogP contribution in [0.25, 0.3) is 0 Å². The van der Waals surface area contributed by atoms with Crippen LogP contribution in [0.15, 0.2) is 0 Å². The van der Waals surface area contributed by atoms with Crippen molar-refractivity contribution < 1.29 is 9.90 Å². The lowest BCUT2D eigenvalue weighted by atomic mass is 9.95. The van der Waals surface area contributed by atoms with E-state index in [9.17, 15) is 4.79 Å². The van der Waals surface area contributed by atoms with Gasteiger partial charge in [-0.3, -0.25) is 4.79 Å². The molecule has 0 aliphatic carbocycles. The highest BCUT2D eigenvalue weighted by atomic mass is 16.3. The summed E-state index contributed by atoms with van der Waals surface area (Å²) in [5.74, 6) is -0.588. The van der Waals surface area contributed by atoms with Gasteiger partial charge in [-0.05, 0) is 13.3 Å². The largest absolute Gasteiger partial charge is 0.394 e. The number of amides is 1. The van der Waals surface area contributed by atoms with Crippen molar-refractivity contribution in [3.63, 3.8) is 0 Å². The zero-order valence-corrected chi connectivity index (χ0v) is 7.05. The van der Waals surface area contributed by atoms with Gasteiger partial charge >= 0.3 is 0 Å². The molecule has 62 valence electrons. The molecule has 0 saturated heterocycles. The Bertz CT molecular complexity index is 140. The molecule has 0 spiro atoms. The lowest BCUT2D eigenvalue weighted by molar-refractivity contribution is 0.170. The molecule has 1 amide bonds. The van der Waals surface area contributed by atoms with E-state index in [1.54, 1.807) is 6.92 Å². The van der Waals surface area contributed by atoms with E-state index in [-0.39, 0.29) is 6.61 Å². The SMILES string of the molecule is [B]C(=O)N[C@](C)(CO)CCC. The highest BCUT2D eigenvalue weighted by Gasteiger charge is 2.21. The molecule has 11 heavy (non-hydrogen) atoms. The predicted molar refractivity (Wildman–Crippen MR) is 44.7 cm³/mol. The molecular weight excluding hydrogens is 141 g/mol. The Labute approximate surface area is 68.6 Å². The Morgan fingerprint density at radius 1 is 1.73 bits per heavy atom. The number of aliphatic hydroxyl groups excluding tert-OH is 1. The Kier molecular flexibility index (Phi) is 4.19. The number of hydrogen-bond donors (Lipinski definition) is 2. The molecule has 1 atom stereocenters. The molecule has 0 aromatic carbocycles. The van der Waals surface area contributed by atoms with Gasteiger partial charge < -0.3 is 10.4 Å². The van der Waals surface area contributed by atoms with Crippen LogP contribution in [0.1, 0.15) is 26.7 Å². The summed E-state index contributed by atoms with van der Waals surface area (Å²) in [6.45, 7) is 3.67. The normalized spacial score (nSPS) is 15.5. The number of carbonyl (C=O) groups excluding carboxylic acids is 1. The van der Waals surface area contributed by atoms with Crippen molar-refractivity contribution in [2.75, 3.05) is 6.61 Å². The summed E-state index contributed by atoms with van der Waals surface area (Å²) < 4.78 is 0. The van der Waals surface area contributed by atoms with Gasteiger partial charge in [0.05, 0.1) is 12.1 Å². The third kappa shape index (κ3) is 4.04. The monoisotopic (exact) mass is 155 g/mol. The van der Waals surface area contributed by atoms with E-state index in [2.05, 4.69) is 5.32 Å². The van der Waals surface area contributed by atoms with Gasteiger partial charge in [-0.2, -0.15) is 0 Å². The zero-order chi connectivity index (χ0) is 8.91. The topological polar surface area (TPSA) is 49.3 Å². The lowest BCUT2D eigenvalue weighted by Crippen LogP contribution is -2.48. The number of nitrogens with one attached hydrogen (secondary N) is 1. The molecule has 0 aromatic heterocycles.